The summed E-state index contributed by atoms with van der Waals surface area (Å²) in [4.78, 5) is 12.9. The monoisotopic (exact) mass is 380 g/mol. The van der Waals surface area contributed by atoms with Gasteiger partial charge in [0.2, 0.25) is 5.91 Å². The number of carbonyl (C=O) groups excluding carboxylic acids is 1. The maximum Gasteiger partial charge on any atom is 0.220 e. The van der Waals surface area contributed by atoms with Crippen LogP contribution in [0.2, 0.25) is 0 Å². The fourth-order valence-electron chi connectivity index (χ4n) is 1.44. The van der Waals surface area contributed by atoms with Crippen LogP contribution in [0.4, 0.5) is 0 Å². The summed E-state index contributed by atoms with van der Waals surface area (Å²) < 4.78 is 1.08. The van der Waals surface area contributed by atoms with Crippen LogP contribution >= 0.6 is 40.1 Å². The molecule has 0 bridgehead atoms. The largest absolute Gasteiger partial charge is 0.350 e. The number of amides is 1. The van der Waals surface area contributed by atoms with Crippen LogP contribution in [0.25, 0.3) is 0 Å². The lowest BCUT2D eigenvalue weighted by atomic mass is 10.1. The van der Waals surface area contributed by atoms with E-state index in [4.69, 9.17) is 5.73 Å². The lowest BCUT2D eigenvalue weighted by molar-refractivity contribution is -0.122. The zero-order valence-electron chi connectivity index (χ0n) is 11.8. The van der Waals surface area contributed by atoms with Gasteiger partial charge in [0.25, 0.3) is 0 Å². The number of carbonyl (C=O) groups is 1. The Bertz CT molecular complexity index is 412. The van der Waals surface area contributed by atoms with Crippen molar-refractivity contribution in [3.8, 4) is 0 Å². The first-order valence-electron chi connectivity index (χ1n) is 6.32. The lowest BCUT2D eigenvalue weighted by Crippen LogP contribution is -2.48. The average Bonchev–Trinajstić information content (AvgIpc) is 2.36. The summed E-state index contributed by atoms with van der Waals surface area (Å²) in [6.45, 7) is 4.31. The summed E-state index contributed by atoms with van der Waals surface area (Å²) in [7, 11) is 0. The molecule has 0 unspecified atom stereocenters. The molecule has 1 aromatic carbocycles. The van der Waals surface area contributed by atoms with E-state index in [1.807, 2.05) is 26.0 Å². The number of halogens is 2. The quantitative estimate of drug-likeness (QED) is 0.560. The summed E-state index contributed by atoms with van der Waals surface area (Å²) in [5.41, 5.74) is 5.27. The molecule has 6 heteroatoms. The number of benzene rings is 1. The maximum absolute atomic E-state index is 11.7. The molecule has 1 amide bonds. The maximum atomic E-state index is 11.7. The van der Waals surface area contributed by atoms with Crippen molar-refractivity contribution in [3.05, 3.63) is 28.7 Å². The van der Waals surface area contributed by atoms with Crippen molar-refractivity contribution in [2.45, 2.75) is 37.1 Å². The second-order valence-corrected chi connectivity index (χ2v) is 7.13. The highest BCUT2D eigenvalue weighted by Gasteiger charge is 2.17. The first-order chi connectivity index (χ1) is 8.93. The molecule has 0 aromatic heterocycles. The standard InChI is InChI=1S/C14H21BrN2OS.ClH/c1-14(2,10-16)17-13(18)4-3-9-19-12-7-5-11(15)6-8-12;/h5-8H,3-4,9-10,16H2,1-2H3,(H,17,18);1H. The van der Waals surface area contributed by atoms with Crippen molar-refractivity contribution in [2.75, 3.05) is 12.3 Å². The summed E-state index contributed by atoms with van der Waals surface area (Å²) in [6.07, 6.45) is 1.42. The van der Waals surface area contributed by atoms with Gasteiger partial charge in [-0.1, -0.05) is 15.9 Å². The minimum atomic E-state index is -0.310. The lowest BCUT2D eigenvalue weighted by Gasteiger charge is -2.24. The van der Waals surface area contributed by atoms with Crippen molar-refractivity contribution in [2.24, 2.45) is 5.73 Å². The minimum Gasteiger partial charge on any atom is -0.350 e. The predicted octanol–water partition coefficient (Wildman–Crippen LogP) is 3.60. The van der Waals surface area contributed by atoms with E-state index in [1.165, 1.54) is 4.90 Å². The van der Waals surface area contributed by atoms with Crippen molar-refractivity contribution in [3.63, 3.8) is 0 Å². The van der Waals surface area contributed by atoms with Crippen LogP contribution in [0, 0.1) is 0 Å². The Morgan fingerprint density at radius 2 is 1.95 bits per heavy atom. The Kier molecular flexibility index (Phi) is 9.55. The second-order valence-electron chi connectivity index (χ2n) is 5.04. The highest BCUT2D eigenvalue weighted by molar-refractivity contribution is 9.10. The van der Waals surface area contributed by atoms with Gasteiger partial charge in [-0.05, 0) is 50.3 Å². The van der Waals surface area contributed by atoms with E-state index in [9.17, 15) is 4.79 Å². The molecular weight excluding hydrogens is 360 g/mol. The highest BCUT2D eigenvalue weighted by atomic mass is 79.9. The Hall–Kier alpha value is -0.230. The van der Waals surface area contributed by atoms with E-state index in [1.54, 1.807) is 11.8 Å². The van der Waals surface area contributed by atoms with Gasteiger partial charge in [0, 0.05) is 27.9 Å². The third-order valence-electron chi connectivity index (χ3n) is 2.62. The zero-order valence-corrected chi connectivity index (χ0v) is 15.0. The van der Waals surface area contributed by atoms with Gasteiger partial charge in [0.05, 0.1) is 0 Å². The third kappa shape index (κ3) is 8.15. The molecule has 0 radical (unpaired) electrons. The fraction of sp³-hybridized carbons (Fsp3) is 0.500. The van der Waals surface area contributed by atoms with E-state index in [0.29, 0.717) is 13.0 Å². The molecule has 0 saturated carbocycles. The van der Waals surface area contributed by atoms with Gasteiger partial charge in [0.15, 0.2) is 0 Å². The second kappa shape index (κ2) is 9.66. The molecule has 0 spiro atoms. The molecule has 0 aliphatic rings. The van der Waals surface area contributed by atoms with Crippen LogP contribution in [0.15, 0.2) is 33.6 Å². The van der Waals surface area contributed by atoms with Gasteiger partial charge in [-0.15, -0.1) is 24.2 Å². The van der Waals surface area contributed by atoms with Crippen LogP contribution in [-0.4, -0.2) is 23.7 Å². The molecule has 0 heterocycles. The summed E-state index contributed by atoms with van der Waals surface area (Å²) in [5, 5.41) is 2.93. The number of thioether (sulfide) groups is 1. The Labute approximate surface area is 140 Å². The number of nitrogens with one attached hydrogen (secondary N) is 1. The molecule has 20 heavy (non-hydrogen) atoms. The fourth-order valence-corrected chi connectivity index (χ4v) is 2.56. The smallest absolute Gasteiger partial charge is 0.220 e. The van der Waals surface area contributed by atoms with Crippen LogP contribution in [0.5, 0.6) is 0 Å². The van der Waals surface area contributed by atoms with Gasteiger partial charge in [-0.2, -0.15) is 0 Å². The molecule has 114 valence electrons. The van der Waals surface area contributed by atoms with E-state index < -0.39 is 0 Å². The van der Waals surface area contributed by atoms with Crippen molar-refractivity contribution in [1.82, 2.24) is 5.32 Å². The van der Waals surface area contributed by atoms with Crippen LogP contribution in [-0.2, 0) is 4.79 Å². The average molecular weight is 382 g/mol. The predicted molar refractivity (Wildman–Crippen MR) is 92.6 cm³/mol. The number of hydrogen-bond donors (Lipinski definition) is 2. The van der Waals surface area contributed by atoms with Crippen molar-refractivity contribution < 1.29 is 4.79 Å². The molecule has 3 nitrogen and oxygen atoms in total. The molecular formula is C14H22BrClN2OS. The van der Waals surface area contributed by atoms with Crippen molar-refractivity contribution >= 4 is 46.0 Å². The van der Waals surface area contributed by atoms with Gasteiger partial charge < -0.3 is 11.1 Å². The Balaban J connectivity index is 0.00000361. The van der Waals surface area contributed by atoms with Crippen LogP contribution < -0.4 is 11.1 Å². The SMILES string of the molecule is CC(C)(CN)NC(=O)CCCSc1ccc(Br)cc1.Cl. The van der Waals surface area contributed by atoms with Crippen molar-refractivity contribution in [1.29, 1.82) is 0 Å². The van der Waals surface area contributed by atoms with E-state index >= 15 is 0 Å². The summed E-state index contributed by atoms with van der Waals surface area (Å²) in [6, 6.07) is 8.20. The highest BCUT2D eigenvalue weighted by Crippen LogP contribution is 2.21. The molecule has 1 aromatic rings. The minimum absolute atomic E-state index is 0. The number of nitrogens with two attached hydrogens (primary N) is 1. The van der Waals surface area contributed by atoms with Crippen LogP contribution in [0.1, 0.15) is 26.7 Å². The van der Waals surface area contributed by atoms with Crippen LogP contribution in [0.3, 0.4) is 0 Å². The van der Waals surface area contributed by atoms with E-state index in [0.717, 1.165) is 16.6 Å². The van der Waals surface area contributed by atoms with E-state index in [2.05, 4.69) is 33.4 Å². The topological polar surface area (TPSA) is 55.1 Å². The number of hydrogen-bond acceptors (Lipinski definition) is 3. The molecule has 0 saturated heterocycles. The molecule has 3 N–H and O–H groups in total. The molecule has 0 atom stereocenters. The first-order valence-corrected chi connectivity index (χ1v) is 8.10. The van der Waals surface area contributed by atoms with Gasteiger partial charge in [-0.25, -0.2) is 0 Å². The number of rotatable bonds is 7. The molecule has 0 aliphatic heterocycles. The summed E-state index contributed by atoms with van der Waals surface area (Å²) in [5.74, 6) is 1.02. The Morgan fingerprint density at radius 1 is 1.35 bits per heavy atom. The third-order valence-corrected chi connectivity index (χ3v) is 4.25. The van der Waals surface area contributed by atoms with Gasteiger partial charge in [-0.3, -0.25) is 4.79 Å². The molecule has 1 rings (SSSR count). The van der Waals surface area contributed by atoms with Gasteiger partial charge in [0.1, 0.15) is 0 Å². The Morgan fingerprint density at radius 3 is 2.50 bits per heavy atom. The molecule has 0 fully saturated rings. The summed E-state index contributed by atoms with van der Waals surface area (Å²) >= 11 is 5.18. The zero-order chi connectivity index (χ0) is 14.3. The van der Waals surface area contributed by atoms with Gasteiger partial charge >= 0.3 is 0 Å². The first kappa shape index (κ1) is 19.8. The molecule has 0 aliphatic carbocycles. The van der Waals surface area contributed by atoms with E-state index in [-0.39, 0.29) is 23.9 Å². The normalized spacial score (nSPS) is 10.8.